The summed E-state index contributed by atoms with van der Waals surface area (Å²) in [6.07, 6.45) is 4.56. The van der Waals surface area contributed by atoms with E-state index in [2.05, 4.69) is 82.4 Å². The highest BCUT2D eigenvalue weighted by Crippen LogP contribution is 2.36. The van der Waals surface area contributed by atoms with E-state index in [9.17, 15) is 4.79 Å². The van der Waals surface area contributed by atoms with Gasteiger partial charge in [-0.1, -0.05) is 26.5 Å². The Hall–Kier alpha value is -4.19. The number of esters is 1. The number of nitrogens with zero attached hydrogens (tertiary/aromatic N) is 2. The molecule has 5 heterocycles. The number of methoxy groups -OCH3 is 1. The molecule has 2 N–H and O–H groups in total. The van der Waals surface area contributed by atoms with Crippen LogP contribution in [-0.2, 0) is 16.0 Å². The van der Waals surface area contributed by atoms with Crippen molar-refractivity contribution in [3.63, 3.8) is 0 Å². The second kappa shape index (κ2) is 10.8. The molecule has 206 valence electrons. The minimum absolute atomic E-state index is 0.228. The van der Waals surface area contributed by atoms with E-state index in [1.165, 1.54) is 29.4 Å². The summed E-state index contributed by atoms with van der Waals surface area (Å²) in [6.45, 7) is 17.0. The molecule has 3 aromatic rings. The number of nitrogens with one attached hydrogen (secondary N) is 2. The van der Waals surface area contributed by atoms with Crippen molar-refractivity contribution in [3.05, 3.63) is 75.9 Å². The van der Waals surface area contributed by atoms with Gasteiger partial charge in [0, 0.05) is 34.1 Å². The molecule has 0 fully saturated rings. The Bertz CT molecular complexity index is 1780. The second-order valence-corrected chi connectivity index (χ2v) is 10.6. The van der Waals surface area contributed by atoms with Crippen LogP contribution in [0, 0.1) is 13.8 Å². The van der Waals surface area contributed by atoms with Crippen molar-refractivity contribution in [3.8, 4) is 0 Å². The van der Waals surface area contributed by atoms with Crippen molar-refractivity contribution >= 4 is 56.4 Å². The molecule has 2 aliphatic heterocycles. The monoisotopic (exact) mass is 534 g/mol. The summed E-state index contributed by atoms with van der Waals surface area (Å²) >= 11 is 0. The van der Waals surface area contributed by atoms with Crippen LogP contribution in [0.2, 0.25) is 0 Å². The number of carbonyl (C=O) groups excluding carboxylic acids is 1. The third-order valence-electron chi connectivity index (χ3n) is 8.43. The first kappa shape index (κ1) is 27.4. The van der Waals surface area contributed by atoms with Crippen LogP contribution in [0.15, 0.2) is 30.8 Å². The Balaban J connectivity index is 1.92. The number of H-pyrrole nitrogens is 2. The third-order valence-corrected chi connectivity index (χ3v) is 8.43. The number of rotatable bonds is 6. The van der Waals surface area contributed by atoms with Crippen LogP contribution in [0.3, 0.4) is 0 Å². The quantitative estimate of drug-likeness (QED) is 0.311. The molecule has 3 aromatic heterocycles. The zero-order chi connectivity index (χ0) is 28.7. The van der Waals surface area contributed by atoms with Gasteiger partial charge < -0.3 is 14.7 Å². The molecule has 6 heteroatoms. The number of carbonyl (C=O) groups is 1. The van der Waals surface area contributed by atoms with Gasteiger partial charge in [-0.3, -0.25) is 4.79 Å². The number of aryl methyl sites for hydroxylation is 3. The number of fused-ring (bicyclic) bond motifs is 8. The molecule has 0 saturated carbocycles. The average Bonchev–Trinajstić information content (AvgIpc) is 3.60. The Morgan fingerprint density at radius 1 is 0.800 bits per heavy atom. The lowest BCUT2D eigenvalue weighted by atomic mass is 10.0. The summed E-state index contributed by atoms with van der Waals surface area (Å²) in [5.74, 6) is -0.228. The van der Waals surface area contributed by atoms with Crippen LogP contribution in [0.4, 0.5) is 0 Å². The van der Waals surface area contributed by atoms with E-state index >= 15 is 0 Å². The van der Waals surface area contributed by atoms with Crippen molar-refractivity contribution in [2.24, 2.45) is 0 Å². The number of hydrogen-bond donors (Lipinski definition) is 2. The first-order valence-corrected chi connectivity index (χ1v) is 14.0. The zero-order valence-corrected chi connectivity index (χ0v) is 24.6. The van der Waals surface area contributed by atoms with E-state index in [0.29, 0.717) is 12.8 Å². The molecule has 8 bridgehead atoms. The Morgan fingerprint density at radius 3 is 1.98 bits per heavy atom. The molecule has 0 saturated heterocycles. The highest BCUT2D eigenvalue weighted by Gasteiger charge is 2.20. The van der Waals surface area contributed by atoms with Gasteiger partial charge in [0.2, 0.25) is 0 Å². The summed E-state index contributed by atoms with van der Waals surface area (Å²) in [5.41, 5.74) is 17.0. The molecule has 0 aromatic carbocycles. The smallest absolute Gasteiger partial charge is 0.305 e. The van der Waals surface area contributed by atoms with Crippen LogP contribution < -0.4 is 0 Å². The molecule has 6 nitrogen and oxygen atoms in total. The van der Waals surface area contributed by atoms with Gasteiger partial charge in [0.25, 0.3) is 0 Å². The average molecular weight is 535 g/mol. The lowest BCUT2D eigenvalue weighted by Gasteiger charge is -2.04. The van der Waals surface area contributed by atoms with Gasteiger partial charge in [-0.15, -0.1) is 0 Å². The third kappa shape index (κ3) is 4.61. The number of ether oxygens (including phenoxy) is 1. The van der Waals surface area contributed by atoms with Crippen molar-refractivity contribution < 1.29 is 9.53 Å². The molecule has 2 aliphatic rings. The summed E-state index contributed by atoms with van der Waals surface area (Å²) in [6, 6.07) is 8.56. The zero-order valence-electron chi connectivity index (χ0n) is 24.6. The minimum atomic E-state index is -0.228. The van der Waals surface area contributed by atoms with Crippen LogP contribution in [-0.4, -0.2) is 33.0 Å². The number of allylic oxidation sites excluding steroid dienone is 4. The van der Waals surface area contributed by atoms with Crippen molar-refractivity contribution in [2.75, 3.05) is 7.11 Å². The molecular weight excluding hydrogens is 496 g/mol. The lowest BCUT2D eigenvalue weighted by Crippen LogP contribution is -2.00. The molecule has 5 rings (SSSR count). The Morgan fingerprint density at radius 2 is 1.35 bits per heavy atom. The van der Waals surface area contributed by atoms with E-state index in [1.807, 2.05) is 6.08 Å². The fraction of sp³-hybridized carbons (Fsp3) is 0.324. The van der Waals surface area contributed by atoms with E-state index < -0.39 is 0 Å². The topological polar surface area (TPSA) is 83.7 Å². The van der Waals surface area contributed by atoms with Gasteiger partial charge in [0.05, 0.1) is 29.9 Å². The summed E-state index contributed by atoms with van der Waals surface area (Å²) in [4.78, 5) is 29.6. The second-order valence-electron chi connectivity index (χ2n) is 10.6. The van der Waals surface area contributed by atoms with Crippen LogP contribution in [0.25, 0.3) is 50.4 Å². The normalized spacial score (nSPS) is 13.3. The minimum Gasteiger partial charge on any atom is -0.469 e. The Kier molecular flexibility index (Phi) is 7.37. The fourth-order valence-electron chi connectivity index (χ4n) is 5.99. The molecule has 0 amide bonds. The van der Waals surface area contributed by atoms with E-state index in [1.54, 1.807) is 0 Å². The fourth-order valence-corrected chi connectivity index (χ4v) is 5.99. The van der Waals surface area contributed by atoms with Crippen LogP contribution >= 0.6 is 0 Å². The molecule has 0 atom stereocenters. The van der Waals surface area contributed by atoms with Gasteiger partial charge in [-0.25, -0.2) is 9.97 Å². The summed E-state index contributed by atoms with van der Waals surface area (Å²) in [5, 5.41) is 0. The highest BCUT2D eigenvalue weighted by molar-refractivity contribution is 5.96. The first-order chi connectivity index (χ1) is 19.2. The highest BCUT2D eigenvalue weighted by atomic mass is 16.5. The molecule has 40 heavy (non-hydrogen) atoms. The van der Waals surface area contributed by atoms with Gasteiger partial charge in [0.1, 0.15) is 0 Å². The molecular formula is C34H38N4O2. The van der Waals surface area contributed by atoms with E-state index in [0.717, 1.165) is 80.0 Å². The molecule has 0 aliphatic carbocycles. The first-order valence-electron chi connectivity index (χ1n) is 14.0. The standard InChI is InChI=1S/C34H38N4O2/c1-9-22-18(4)26-14-27-19(5)23(10-2)31(36-27)17-32-24(11-3)20(6)28(37-32)16-33-25(12-13-34(39)40-8)21(7)29(38-33)15-30(22)35-26/h9,14-17,35,37H,1,10-13H2,2-8H3. The number of aromatic nitrogens is 4. The molecule has 0 unspecified atom stereocenters. The predicted molar refractivity (Wildman–Crippen MR) is 166 cm³/mol. The maximum absolute atomic E-state index is 12.1. The van der Waals surface area contributed by atoms with Gasteiger partial charge >= 0.3 is 5.97 Å². The lowest BCUT2D eigenvalue weighted by molar-refractivity contribution is -0.140. The van der Waals surface area contributed by atoms with Crippen LogP contribution in [0.5, 0.6) is 0 Å². The van der Waals surface area contributed by atoms with Gasteiger partial charge in [0.15, 0.2) is 0 Å². The van der Waals surface area contributed by atoms with Crippen molar-refractivity contribution in [1.82, 2.24) is 19.9 Å². The predicted octanol–water partition coefficient (Wildman–Crippen LogP) is 8.36. The van der Waals surface area contributed by atoms with E-state index in [-0.39, 0.29) is 5.97 Å². The van der Waals surface area contributed by atoms with Crippen molar-refractivity contribution in [1.29, 1.82) is 0 Å². The van der Waals surface area contributed by atoms with Gasteiger partial charge in [-0.05, 0) is 110 Å². The maximum atomic E-state index is 12.1. The van der Waals surface area contributed by atoms with Crippen molar-refractivity contribution in [2.45, 2.75) is 67.2 Å². The summed E-state index contributed by atoms with van der Waals surface area (Å²) < 4.78 is 4.94. The Labute approximate surface area is 235 Å². The number of aromatic amines is 2. The summed E-state index contributed by atoms with van der Waals surface area (Å²) in [7, 11) is 1.43. The molecule has 0 radical (unpaired) electrons. The maximum Gasteiger partial charge on any atom is 0.305 e. The van der Waals surface area contributed by atoms with Gasteiger partial charge in [-0.2, -0.15) is 0 Å². The van der Waals surface area contributed by atoms with E-state index in [4.69, 9.17) is 14.7 Å². The molecule has 0 spiro atoms. The van der Waals surface area contributed by atoms with Crippen LogP contribution in [0.1, 0.15) is 92.0 Å². The largest absolute Gasteiger partial charge is 0.469 e. The SMILES string of the molecule is C=Cc1c(C)c2cc3nc(cc4[nH]c(cc5nc(cc1[nH]2)C(C)=C5CCC(=O)OC)c(C)c4CC)C(CC)=C3C. The number of hydrogen-bond acceptors (Lipinski definition) is 4.